The van der Waals surface area contributed by atoms with E-state index in [4.69, 9.17) is 0 Å². The number of benzene rings is 1. The van der Waals surface area contributed by atoms with Crippen molar-refractivity contribution in [3.8, 4) is 0 Å². The lowest BCUT2D eigenvalue weighted by molar-refractivity contribution is 0.336. The lowest BCUT2D eigenvalue weighted by Gasteiger charge is -2.21. The molecule has 0 aromatic heterocycles. The van der Waals surface area contributed by atoms with Crippen LogP contribution in [0.15, 0.2) is 28.0 Å². The molecule has 0 amide bonds. The highest BCUT2D eigenvalue weighted by atomic mass is 32.2. The van der Waals surface area contributed by atoms with Crippen molar-refractivity contribution in [2.45, 2.75) is 52.5 Å². The fourth-order valence-corrected chi connectivity index (χ4v) is 5.45. The monoisotopic (exact) mass is 403 g/mol. The van der Waals surface area contributed by atoms with Crippen molar-refractivity contribution in [1.29, 1.82) is 0 Å². The number of aliphatic hydroxyl groups is 1. The number of rotatable bonds is 8. The van der Waals surface area contributed by atoms with Crippen molar-refractivity contribution in [3.05, 3.63) is 39.8 Å². The van der Waals surface area contributed by atoms with Crippen LogP contribution in [0.4, 0.5) is 0 Å². The molecule has 0 radical (unpaired) electrons. The first kappa shape index (κ1) is 22.8. The normalized spacial score (nSPS) is 14.7. The molecule has 6 nitrogen and oxygen atoms in total. The SMILES string of the molecule is CCS(=O)(=O)N[C@H](/C=C(/CO)S(=O)(=O)c1c(C)cc(C)cc1C)C(C)C. The van der Waals surface area contributed by atoms with Gasteiger partial charge in [0.25, 0.3) is 0 Å². The molecule has 0 aliphatic carbocycles. The van der Waals surface area contributed by atoms with Crippen LogP contribution < -0.4 is 4.72 Å². The van der Waals surface area contributed by atoms with Crippen LogP contribution in [0.25, 0.3) is 0 Å². The first-order chi connectivity index (χ1) is 11.9. The molecule has 1 aromatic rings. The molecule has 2 N–H and O–H groups in total. The van der Waals surface area contributed by atoms with Gasteiger partial charge in [0.05, 0.1) is 22.2 Å². The summed E-state index contributed by atoms with van der Waals surface area (Å²) in [5.74, 6) is -0.296. The van der Waals surface area contributed by atoms with Crippen LogP contribution in [0.5, 0.6) is 0 Å². The van der Waals surface area contributed by atoms with Gasteiger partial charge in [-0.05, 0) is 50.8 Å². The van der Waals surface area contributed by atoms with Gasteiger partial charge in [0.15, 0.2) is 0 Å². The van der Waals surface area contributed by atoms with E-state index in [2.05, 4.69) is 4.72 Å². The summed E-state index contributed by atoms with van der Waals surface area (Å²) in [7, 11) is -7.46. The molecule has 26 heavy (non-hydrogen) atoms. The minimum Gasteiger partial charge on any atom is -0.391 e. The quantitative estimate of drug-likeness (QED) is 0.693. The highest BCUT2D eigenvalue weighted by molar-refractivity contribution is 7.95. The third kappa shape index (κ3) is 5.39. The van der Waals surface area contributed by atoms with Gasteiger partial charge >= 0.3 is 0 Å². The second-order valence-electron chi connectivity index (χ2n) is 6.81. The summed E-state index contributed by atoms with van der Waals surface area (Å²) in [6.07, 6.45) is 1.31. The summed E-state index contributed by atoms with van der Waals surface area (Å²) in [5.41, 5.74) is 2.14. The predicted octanol–water partition coefficient (Wildman–Crippen LogP) is 2.23. The number of hydrogen-bond donors (Lipinski definition) is 2. The third-order valence-corrected chi connectivity index (χ3v) is 7.68. The molecular formula is C18H29NO5S2. The Hall–Kier alpha value is -1.22. The van der Waals surface area contributed by atoms with E-state index in [9.17, 15) is 21.9 Å². The largest absolute Gasteiger partial charge is 0.391 e. The third-order valence-electron chi connectivity index (χ3n) is 4.15. The molecular weight excluding hydrogens is 374 g/mol. The topological polar surface area (TPSA) is 101 Å². The van der Waals surface area contributed by atoms with Crippen molar-refractivity contribution in [3.63, 3.8) is 0 Å². The Kier molecular flexibility index (Phi) is 7.59. The Labute approximate surface area is 157 Å². The zero-order valence-electron chi connectivity index (χ0n) is 16.2. The van der Waals surface area contributed by atoms with E-state index in [1.807, 2.05) is 6.92 Å². The standard InChI is InChI=1S/C18H29NO5S2/c1-7-25(21,22)19-17(12(2)3)10-16(11-20)26(23,24)18-14(5)8-13(4)9-15(18)6/h8-10,12,17,19-20H,7,11H2,1-6H3/b16-10-/t17-/m1/s1. The van der Waals surface area contributed by atoms with Crippen molar-refractivity contribution < 1.29 is 21.9 Å². The van der Waals surface area contributed by atoms with E-state index in [1.165, 1.54) is 13.0 Å². The minimum absolute atomic E-state index is 0.110. The Bertz CT molecular complexity index is 861. The number of sulfone groups is 1. The molecule has 1 rings (SSSR count). The molecule has 0 aliphatic heterocycles. The molecule has 0 saturated heterocycles. The molecule has 0 spiro atoms. The second kappa shape index (κ2) is 8.65. The molecule has 8 heteroatoms. The summed E-state index contributed by atoms with van der Waals surface area (Å²) in [4.78, 5) is -0.0469. The molecule has 0 saturated carbocycles. The Morgan fingerprint density at radius 3 is 2.00 bits per heavy atom. The van der Waals surface area contributed by atoms with Gasteiger partial charge in [-0.15, -0.1) is 0 Å². The predicted molar refractivity (Wildman–Crippen MR) is 104 cm³/mol. The smallest absolute Gasteiger partial charge is 0.211 e. The lowest BCUT2D eigenvalue weighted by atomic mass is 10.1. The van der Waals surface area contributed by atoms with Gasteiger partial charge in [-0.25, -0.2) is 21.6 Å². The van der Waals surface area contributed by atoms with E-state index >= 15 is 0 Å². The fourth-order valence-electron chi connectivity index (χ4n) is 2.80. The number of hydrogen-bond acceptors (Lipinski definition) is 5. The van der Waals surface area contributed by atoms with Crippen LogP contribution in [-0.4, -0.2) is 40.3 Å². The maximum Gasteiger partial charge on any atom is 0.211 e. The summed E-state index contributed by atoms with van der Waals surface area (Å²) in [5, 5.41) is 9.72. The zero-order valence-corrected chi connectivity index (χ0v) is 17.8. The molecule has 0 aliphatic rings. The van der Waals surface area contributed by atoms with Gasteiger partial charge in [0.2, 0.25) is 19.9 Å². The van der Waals surface area contributed by atoms with Crippen LogP contribution in [-0.2, 0) is 19.9 Å². The molecule has 0 heterocycles. The molecule has 148 valence electrons. The molecule has 1 atom stereocenters. The summed E-state index contributed by atoms with van der Waals surface area (Å²) in [6.45, 7) is 9.67. The Morgan fingerprint density at radius 1 is 1.12 bits per heavy atom. The summed E-state index contributed by atoms with van der Waals surface area (Å²) in [6, 6.07) is 2.81. The number of sulfonamides is 1. The van der Waals surface area contributed by atoms with E-state index in [0.29, 0.717) is 11.1 Å². The van der Waals surface area contributed by atoms with E-state index < -0.39 is 32.5 Å². The van der Waals surface area contributed by atoms with Crippen molar-refractivity contribution in [2.24, 2.45) is 5.92 Å². The number of nitrogens with one attached hydrogen (secondary N) is 1. The van der Waals surface area contributed by atoms with Gasteiger partial charge in [0.1, 0.15) is 0 Å². The van der Waals surface area contributed by atoms with Gasteiger partial charge in [-0.1, -0.05) is 31.5 Å². The van der Waals surface area contributed by atoms with Crippen molar-refractivity contribution in [1.82, 2.24) is 4.72 Å². The summed E-state index contributed by atoms with van der Waals surface area (Å²) >= 11 is 0. The maximum atomic E-state index is 13.1. The summed E-state index contributed by atoms with van der Waals surface area (Å²) < 4.78 is 52.5. The molecule has 0 bridgehead atoms. The van der Waals surface area contributed by atoms with Crippen LogP contribution in [0.2, 0.25) is 0 Å². The van der Waals surface area contributed by atoms with Crippen LogP contribution in [0.1, 0.15) is 37.5 Å². The molecule has 1 aromatic carbocycles. The van der Waals surface area contributed by atoms with E-state index in [1.54, 1.807) is 39.8 Å². The van der Waals surface area contributed by atoms with Gasteiger partial charge in [-0.3, -0.25) is 0 Å². The van der Waals surface area contributed by atoms with Crippen molar-refractivity contribution in [2.75, 3.05) is 12.4 Å². The minimum atomic E-state index is -3.94. The number of aliphatic hydroxyl groups excluding tert-OH is 1. The van der Waals surface area contributed by atoms with Crippen LogP contribution >= 0.6 is 0 Å². The molecule has 0 fully saturated rings. The average Bonchev–Trinajstić information content (AvgIpc) is 2.49. The first-order valence-electron chi connectivity index (χ1n) is 8.50. The Balaban J connectivity index is 3.50. The fraction of sp³-hybridized carbons (Fsp3) is 0.556. The first-order valence-corrected chi connectivity index (χ1v) is 11.6. The van der Waals surface area contributed by atoms with Gasteiger partial charge in [0, 0.05) is 6.04 Å². The zero-order chi connectivity index (χ0) is 20.3. The van der Waals surface area contributed by atoms with Crippen molar-refractivity contribution >= 4 is 19.9 Å². The second-order valence-corrected chi connectivity index (χ2v) is 10.8. The lowest BCUT2D eigenvalue weighted by Crippen LogP contribution is -2.38. The molecule has 0 unspecified atom stereocenters. The highest BCUT2D eigenvalue weighted by Gasteiger charge is 2.27. The Morgan fingerprint density at radius 2 is 1.62 bits per heavy atom. The van der Waals surface area contributed by atoms with E-state index in [0.717, 1.165) is 5.56 Å². The highest BCUT2D eigenvalue weighted by Crippen LogP contribution is 2.28. The average molecular weight is 404 g/mol. The van der Waals surface area contributed by atoms with Gasteiger partial charge < -0.3 is 5.11 Å². The van der Waals surface area contributed by atoms with Crippen LogP contribution in [0.3, 0.4) is 0 Å². The number of aryl methyl sites for hydroxylation is 3. The van der Waals surface area contributed by atoms with Gasteiger partial charge in [-0.2, -0.15) is 0 Å². The maximum absolute atomic E-state index is 13.1. The van der Waals surface area contributed by atoms with Crippen LogP contribution in [0, 0.1) is 26.7 Å². The van der Waals surface area contributed by atoms with E-state index in [-0.39, 0.29) is 21.5 Å².